The van der Waals surface area contributed by atoms with Gasteiger partial charge in [-0.05, 0) is 49.1 Å². The first-order valence-corrected chi connectivity index (χ1v) is 13.0. The second-order valence-electron chi connectivity index (χ2n) is 9.75. The van der Waals surface area contributed by atoms with Crippen molar-refractivity contribution >= 4 is 27.3 Å². The van der Waals surface area contributed by atoms with E-state index >= 15 is 0 Å². The van der Waals surface area contributed by atoms with Crippen LogP contribution in [0.4, 0.5) is 11.4 Å². The molecule has 9 heteroatoms. The number of sulfonamides is 1. The minimum atomic E-state index is -3.61. The number of aromatic nitrogens is 1. The molecule has 2 aliphatic heterocycles. The van der Waals surface area contributed by atoms with Crippen LogP contribution in [0.2, 0.25) is 0 Å². The summed E-state index contributed by atoms with van der Waals surface area (Å²) in [7, 11) is -3.61. The summed E-state index contributed by atoms with van der Waals surface area (Å²) in [5, 5.41) is 3.13. The van der Waals surface area contributed by atoms with Crippen molar-refractivity contribution in [3.8, 4) is 0 Å². The summed E-state index contributed by atoms with van der Waals surface area (Å²) in [6, 6.07) is 12.1. The third kappa shape index (κ3) is 4.56. The molecule has 1 atom stereocenters. The number of carbonyl (C=O) groups excluding carboxylic acids is 1. The van der Waals surface area contributed by atoms with Crippen LogP contribution in [0, 0.1) is 0 Å². The zero-order chi connectivity index (χ0) is 23.2. The van der Waals surface area contributed by atoms with Crippen LogP contribution in [0.3, 0.4) is 0 Å². The fourth-order valence-corrected chi connectivity index (χ4v) is 5.95. The summed E-state index contributed by atoms with van der Waals surface area (Å²) in [4.78, 5) is 19.5. The number of nitrogens with zero attached hydrogens (tertiary/aromatic N) is 2. The Morgan fingerprint density at radius 3 is 2.67 bits per heavy atom. The van der Waals surface area contributed by atoms with Crippen LogP contribution in [0.5, 0.6) is 0 Å². The van der Waals surface area contributed by atoms with E-state index in [1.807, 2.05) is 6.07 Å². The molecule has 8 nitrogen and oxygen atoms in total. The molecule has 3 heterocycles. The lowest BCUT2D eigenvalue weighted by Crippen LogP contribution is -2.37. The van der Waals surface area contributed by atoms with Crippen LogP contribution < -0.4 is 14.9 Å². The van der Waals surface area contributed by atoms with E-state index in [0.717, 1.165) is 44.1 Å². The second-order valence-corrected chi connectivity index (χ2v) is 11.7. The molecular weight excluding hydrogens is 440 g/mol. The van der Waals surface area contributed by atoms with Gasteiger partial charge in [0.2, 0.25) is 10.0 Å². The lowest BCUT2D eigenvalue weighted by atomic mass is 9.76. The Balaban J connectivity index is 1.38. The molecule has 0 radical (unpaired) electrons. The highest BCUT2D eigenvalue weighted by atomic mass is 32.2. The summed E-state index contributed by atoms with van der Waals surface area (Å²) in [6.07, 6.45) is 2.00. The van der Waals surface area contributed by atoms with Crippen LogP contribution >= 0.6 is 0 Å². The fraction of sp³-hybridized carbons (Fsp3) is 0.500. The Kier molecular flexibility index (Phi) is 5.56. The molecule has 1 amide bonds. The van der Waals surface area contributed by atoms with E-state index in [4.69, 9.17) is 4.74 Å². The number of anilines is 2. The van der Waals surface area contributed by atoms with Crippen LogP contribution in [0.25, 0.3) is 0 Å². The molecule has 2 N–H and O–H groups in total. The van der Waals surface area contributed by atoms with Gasteiger partial charge in [0.15, 0.2) is 0 Å². The highest BCUT2D eigenvalue weighted by Gasteiger charge is 2.38. The number of amides is 1. The third-order valence-electron chi connectivity index (χ3n) is 6.66. The Bertz CT molecular complexity index is 1170. The minimum absolute atomic E-state index is 0.102. The number of nitrogens with one attached hydrogen (secondary N) is 2. The molecule has 3 aliphatic rings. The number of hydrogen-bond donors (Lipinski definition) is 2. The third-order valence-corrected chi connectivity index (χ3v) is 8.48. The lowest BCUT2D eigenvalue weighted by Gasteiger charge is -2.38. The van der Waals surface area contributed by atoms with Gasteiger partial charge in [0.1, 0.15) is 5.69 Å². The number of carbonyl (C=O) groups is 1. The van der Waals surface area contributed by atoms with Gasteiger partial charge in [-0.2, -0.15) is 0 Å². The Morgan fingerprint density at radius 1 is 1.18 bits per heavy atom. The number of rotatable bonds is 5. The molecule has 176 valence electrons. The van der Waals surface area contributed by atoms with Gasteiger partial charge in [0.25, 0.3) is 5.91 Å². The molecule has 1 aliphatic carbocycles. The van der Waals surface area contributed by atoms with Crippen molar-refractivity contribution in [3.63, 3.8) is 0 Å². The van der Waals surface area contributed by atoms with E-state index in [9.17, 15) is 13.2 Å². The van der Waals surface area contributed by atoms with Crippen molar-refractivity contribution in [1.29, 1.82) is 0 Å². The SMILES string of the molecule is CC1(C)CC(c2cccc(N3CCOCC3)c2)Nc2ccc(C(=O)NS(=O)(=O)C3CC3)nc21. The fourth-order valence-electron chi connectivity index (χ4n) is 4.67. The summed E-state index contributed by atoms with van der Waals surface area (Å²) < 4.78 is 32.0. The van der Waals surface area contributed by atoms with Crippen LogP contribution in [0.15, 0.2) is 36.4 Å². The van der Waals surface area contributed by atoms with Crippen LogP contribution in [-0.2, 0) is 20.2 Å². The zero-order valence-electron chi connectivity index (χ0n) is 19.0. The largest absolute Gasteiger partial charge is 0.378 e. The van der Waals surface area contributed by atoms with E-state index < -0.39 is 21.2 Å². The van der Waals surface area contributed by atoms with Gasteiger partial charge in [-0.1, -0.05) is 26.0 Å². The van der Waals surface area contributed by atoms with Crippen LogP contribution in [-0.4, -0.2) is 50.9 Å². The maximum atomic E-state index is 12.6. The van der Waals surface area contributed by atoms with Crippen molar-refractivity contribution < 1.29 is 17.9 Å². The Hall–Kier alpha value is -2.65. The smallest absolute Gasteiger partial charge is 0.283 e. The van der Waals surface area contributed by atoms with Crippen molar-refractivity contribution in [1.82, 2.24) is 9.71 Å². The molecule has 33 heavy (non-hydrogen) atoms. The van der Waals surface area contributed by atoms with Crippen molar-refractivity contribution in [3.05, 3.63) is 53.3 Å². The summed E-state index contributed by atoms with van der Waals surface area (Å²) in [5.41, 5.74) is 3.87. The number of benzene rings is 1. The zero-order valence-corrected chi connectivity index (χ0v) is 19.8. The molecule has 1 aromatic carbocycles. The number of fused-ring (bicyclic) bond motifs is 1. The summed E-state index contributed by atoms with van der Waals surface area (Å²) >= 11 is 0. The predicted molar refractivity (Wildman–Crippen MR) is 127 cm³/mol. The highest BCUT2D eigenvalue weighted by Crippen LogP contribution is 2.43. The van der Waals surface area contributed by atoms with Crippen molar-refractivity contribution in [2.75, 3.05) is 36.5 Å². The van der Waals surface area contributed by atoms with Gasteiger partial charge < -0.3 is 15.0 Å². The molecule has 2 aromatic rings. The van der Waals surface area contributed by atoms with Gasteiger partial charge >= 0.3 is 0 Å². The summed E-state index contributed by atoms with van der Waals surface area (Å²) in [5.74, 6) is -0.666. The number of ether oxygens (including phenoxy) is 1. The van der Waals surface area contributed by atoms with Gasteiger partial charge in [0.05, 0.1) is 35.9 Å². The van der Waals surface area contributed by atoms with Gasteiger partial charge in [0, 0.05) is 24.2 Å². The summed E-state index contributed by atoms with van der Waals surface area (Å²) in [6.45, 7) is 7.50. The van der Waals surface area contributed by atoms with E-state index in [1.165, 1.54) is 11.3 Å². The van der Waals surface area contributed by atoms with E-state index in [-0.39, 0.29) is 17.2 Å². The normalized spacial score (nSPS) is 22.2. The van der Waals surface area contributed by atoms with Gasteiger partial charge in [-0.3, -0.25) is 4.79 Å². The first-order valence-electron chi connectivity index (χ1n) is 11.5. The molecule has 0 bridgehead atoms. The maximum absolute atomic E-state index is 12.6. The first kappa shape index (κ1) is 22.2. The van der Waals surface area contributed by atoms with Gasteiger partial charge in [-0.25, -0.2) is 18.1 Å². The lowest BCUT2D eigenvalue weighted by molar-refractivity contribution is 0.0976. The number of hydrogen-bond acceptors (Lipinski definition) is 7. The topological polar surface area (TPSA) is 101 Å². The van der Waals surface area contributed by atoms with Crippen molar-refractivity contribution in [2.24, 2.45) is 0 Å². The van der Waals surface area contributed by atoms with E-state index in [0.29, 0.717) is 12.8 Å². The molecule has 0 spiro atoms. The molecule has 2 fully saturated rings. The molecular formula is C24H30N4O4S. The molecule has 1 aromatic heterocycles. The number of pyridine rings is 1. The molecule has 5 rings (SSSR count). The van der Waals surface area contributed by atoms with E-state index in [1.54, 1.807) is 6.07 Å². The Labute approximate surface area is 194 Å². The molecule has 1 saturated heterocycles. The molecule has 1 unspecified atom stereocenters. The quantitative estimate of drug-likeness (QED) is 0.693. The Morgan fingerprint density at radius 2 is 1.94 bits per heavy atom. The predicted octanol–water partition coefficient (Wildman–Crippen LogP) is 2.97. The second kappa shape index (κ2) is 8.29. The minimum Gasteiger partial charge on any atom is -0.378 e. The van der Waals surface area contributed by atoms with Gasteiger partial charge in [-0.15, -0.1) is 0 Å². The van der Waals surface area contributed by atoms with Crippen LogP contribution in [0.1, 0.15) is 60.9 Å². The van der Waals surface area contributed by atoms with Crippen molar-refractivity contribution in [2.45, 2.75) is 49.8 Å². The molecule has 1 saturated carbocycles. The first-order chi connectivity index (χ1) is 15.7. The average molecular weight is 471 g/mol. The average Bonchev–Trinajstić information content (AvgIpc) is 3.65. The highest BCUT2D eigenvalue weighted by molar-refractivity contribution is 7.91. The van der Waals surface area contributed by atoms with E-state index in [2.05, 4.69) is 58.0 Å². The maximum Gasteiger partial charge on any atom is 0.283 e. The monoisotopic (exact) mass is 470 g/mol. The number of morpholine rings is 1. The standard InChI is InChI=1S/C24H30N4O4S/c1-24(2)15-21(16-4-3-5-17(14-16)28-10-12-32-13-11-28)25-19-8-9-20(26-22(19)24)23(29)27-33(30,31)18-6-7-18/h3-5,8-9,14,18,21,25H,6-7,10-13,15H2,1-2H3,(H,27,29).